The molecule has 192 valence electrons. The van der Waals surface area contributed by atoms with Gasteiger partial charge in [-0.3, -0.25) is 34.3 Å². The molecule has 10 nitrogen and oxygen atoms in total. The number of amides is 4. The normalized spacial score (nSPS) is 22.8. The lowest BCUT2D eigenvalue weighted by molar-refractivity contribution is -0.136. The molecule has 0 spiro atoms. The summed E-state index contributed by atoms with van der Waals surface area (Å²) in [5.74, 6) is -2.40. The minimum atomic E-state index is -0.967. The van der Waals surface area contributed by atoms with Crippen LogP contribution in [0.5, 0.6) is 0 Å². The second kappa shape index (κ2) is 8.84. The number of nitrogens with one attached hydrogen (secondary N) is 1. The van der Waals surface area contributed by atoms with Gasteiger partial charge in [-0.1, -0.05) is 0 Å². The molecule has 0 bridgehead atoms. The third-order valence-corrected chi connectivity index (χ3v) is 7.83. The highest BCUT2D eigenvalue weighted by molar-refractivity contribution is 6.23. The SMILES string of the molecule is Nc1ccc(N2CCN(C3CN(c4ccc5c(c4)C(=O)N(C4CCC(=O)NC4=O)C5=O)C3)CC2)cc1F. The molecule has 4 amide bonds. The molecule has 1 atom stereocenters. The number of piperazine rings is 1. The Labute approximate surface area is 212 Å². The summed E-state index contributed by atoms with van der Waals surface area (Å²) < 4.78 is 13.8. The molecule has 0 aliphatic carbocycles. The Morgan fingerprint density at radius 3 is 2.22 bits per heavy atom. The van der Waals surface area contributed by atoms with Gasteiger partial charge in [0.05, 0.1) is 16.8 Å². The van der Waals surface area contributed by atoms with E-state index in [1.807, 2.05) is 12.1 Å². The number of carbonyl (C=O) groups excluding carboxylic acids is 4. The molecule has 1 unspecified atom stereocenters. The van der Waals surface area contributed by atoms with Gasteiger partial charge in [0.15, 0.2) is 0 Å². The third kappa shape index (κ3) is 3.99. The van der Waals surface area contributed by atoms with Gasteiger partial charge in [-0.25, -0.2) is 4.39 Å². The summed E-state index contributed by atoms with van der Waals surface area (Å²) in [7, 11) is 0. The number of nitrogen functional groups attached to an aromatic ring is 1. The molecule has 11 heteroatoms. The van der Waals surface area contributed by atoms with E-state index in [4.69, 9.17) is 5.73 Å². The molecule has 0 radical (unpaired) electrons. The number of nitrogens with zero attached hydrogens (tertiary/aromatic N) is 4. The fourth-order valence-electron chi connectivity index (χ4n) is 5.61. The molecule has 4 aliphatic rings. The molecular formula is C26H27FN6O4. The van der Waals surface area contributed by atoms with Gasteiger partial charge >= 0.3 is 0 Å². The number of fused-ring (bicyclic) bond motifs is 1. The van der Waals surface area contributed by atoms with Crippen molar-refractivity contribution in [1.82, 2.24) is 15.1 Å². The predicted molar refractivity (Wildman–Crippen MR) is 134 cm³/mol. The Hall–Kier alpha value is -3.99. The highest BCUT2D eigenvalue weighted by atomic mass is 19.1. The lowest BCUT2D eigenvalue weighted by atomic mass is 10.0. The zero-order valence-electron chi connectivity index (χ0n) is 20.2. The fraction of sp³-hybridized carbons (Fsp3) is 0.385. The van der Waals surface area contributed by atoms with Gasteiger partial charge in [0.25, 0.3) is 11.8 Å². The van der Waals surface area contributed by atoms with Crippen molar-refractivity contribution >= 4 is 40.7 Å². The fourth-order valence-corrected chi connectivity index (χ4v) is 5.61. The molecule has 6 rings (SSSR count). The number of hydrogen-bond acceptors (Lipinski definition) is 8. The number of nitrogens with two attached hydrogens (primary N) is 1. The van der Waals surface area contributed by atoms with Gasteiger partial charge in [0.1, 0.15) is 11.9 Å². The lowest BCUT2D eigenvalue weighted by Crippen LogP contribution is -2.63. The Kier molecular flexibility index (Phi) is 5.59. The average Bonchev–Trinajstić information content (AvgIpc) is 3.10. The van der Waals surface area contributed by atoms with E-state index in [1.54, 1.807) is 18.2 Å². The van der Waals surface area contributed by atoms with Crippen molar-refractivity contribution in [3.05, 3.63) is 53.3 Å². The van der Waals surface area contributed by atoms with Crippen molar-refractivity contribution in [2.75, 3.05) is 54.8 Å². The number of carbonyl (C=O) groups is 4. The van der Waals surface area contributed by atoms with Gasteiger partial charge in [-0.2, -0.15) is 0 Å². The summed E-state index contributed by atoms with van der Waals surface area (Å²) in [6.07, 6.45) is 0.229. The van der Waals surface area contributed by atoms with Crippen LogP contribution in [0, 0.1) is 5.82 Å². The molecular weight excluding hydrogens is 479 g/mol. The molecule has 37 heavy (non-hydrogen) atoms. The maximum atomic E-state index is 13.8. The number of rotatable bonds is 4. The van der Waals surface area contributed by atoms with E-state index in [9.17, 15) is 23.6 Å². The summed E-state index contributed by atoms with van der Waals surface area (Å²) in [5, 5.41) is 2.21. The maximum Gasteiger partial charge on any atom is 0.262 e. The summed E-state index contributed by atoms with van der Waals surface area (Å²) >= 11 is 0. The second-order valence-corrected chi connectivity index (χ2v) is 9.96. The number of anilines is 3. The quantitative estimate of drug-likeness (QED) is 0.462. The molecule has 0 aromatic heterocycles. The van der Waals surface area contributed by atoms with Crippen LogP contribution in [0.1, 0.15) is 33.6 Å². The van der Waals surface area contributed by atoms with Crippen LogP contribution in [0.25, 0.3) is 0 Å². The summed E-state index contributed by atoms with van der Waals surface area (Å²) in [5.41, 5.74) is 8.01. The summed E-state index contributed by atoms with van der Waals surface area (Å²) in [4.78, 5) is 57.5. The summed E-state index contributed by atoms with van der Waals surface area (Å²) in [6, 6.07) is 9.54. The van der Waals surface area contributed by atoms with Gasteiger partial charge in [0, 0.05) is 63.1 Å². The van der Waals surface area contributed by atoms with E-state index in [0.29, 0.717) is 11.6 Å². The second-order valence-electron chi connectivity index (χ2n) is 9.96. The van der Waals surface area contributed by atoms with Crippen molar-refractivity contribution in [1.29, 1.82) is 0 Å². The van der Waals surface area contributed by atoms with Crippen LogP contribution in [-0.2, 0) is 9.59 Å². The monoisotopic (exact) mass is 506 g/mol. The first-order chi connectivity index (χ1) is 17.8. The average molecular weight is 507 g/mol. The van der Waals surface area contributed by atoms with Gasteiger partial charge < -0.3 is 15.5 Å². The number of piperidine rings is 1. The van der Waals surface area contributed by atoms with Crippen LogP contribution in [0.15, 0.2) is 36.4 Å². The van der Waals surface area contributed by atoms with Crippen molar-refractivity contribution in [2.45, 2.75) is 24.9 Å². The third-order valence-electron chi connectivity index (χ3n) is 7.83. The number of halogens is 1. The maximum absolute atomic E-state index is 13.8. The number of imide groups is 2. The molecule has 0 saturated carbocycles. The first-order valence-corrected chi connectivity index (χ1v) is 12.4. The molecule has 3 N–H and O–H groups in total. The minimum Gasteiger partial charge on any atom is -0.396 e. The topological polar surface area (TPSA) is 119 Å². The first-order valence-electron chi connectivity index (χ1n) is 12.4. The van der Waals surface area contributed by atoms with Crippen LogP contribution >= 0.6 is 0 Å². The molecule has 3 fully saturated rings. The first kappa shape index (κ1) is 23.4. The molecule has 2 aromatic carbocycles. The molecule has 2 aromatic rings. The van der Waals surface area contributed by atoms with Crippen LogP contribution < -0.4 is 20.9 Å². The number of hydrogen-bond donors (Lipinski definition) is 2. The van der Waals surface area contributed by atoms with Crippen molar-refractivity contribution < 1.29 is 23.6 Å². The Balaban J connectivity index is 1.07. The van der Waals surface area contributed by atoms with Crippen molar-refractivity contribution in [3.63, 3.8) is 0 Å². The minimum absolute atomic E-state index is 0.0926. The van der Waals surface area contributed by atoms with Gasteiger partial charge in [-0.05, 0) is 42.8 Å². The van der Waals surface area contributed by atoms with Crippen LogP contribution in [0.4, 0.5) is 21.5 Å². The Bertz CT molecular complexity index is 1320. The van der Waals surface area contributed by atoms with E-state index < -0.39 is 35.5 Å². The van der Waals surface area contributed by atoms with E-state index in [-0.39, 0.29) is 24.1 Å². The smallest absolute Gasteiger partial charge is 0.262 e. The van der Waals surface area contributed by atoms with Crippen molar-refractivity contribution in [3.8, 4) is 0 Å². The van der Waals surface area contributed by atoms with E-state index in [0.717, 1.165) is 55.5 Å². The standard InChI is InChI=1S/C26H27FN6O4/c27-20-12-16(2-4-21(20)28)30-7-9-31(10-8-30)17-13-32(14-17)15-1-3-18-19(11-15)26(37)33(25(18)36)22-5-6-23(34)29-24(22)35/h1-4,11-12,17,22H,5-10,13-14,28H2,(H,29,34,35). The zero-order chi connectivity index (χ0) is 25.8. The number of benzene rings is 2. The van der Waals surface area contributed by atoms with E-state index in [1.165, 1.54) is 6.07 Å². The van der Waals surface area contributed by atoms with Crippen LogP contribution in [0.2, 0.25) is 0 Å². The molecule has 4 aliphatic heterocycles. The van der Waals surface area contributed by atoms with Crippen molar-refractivity contribution in [2.24, 2.45) is 0 Å². The predicted octanol–water partition coefficient (Wildman–Crippen LogP) is 0.820. The largest absolute Gasteiger partial charge is 0.396 e. The van der Waals surface area contributed by atoms with Gasteiger partial charge in [-0.15, -0.1) is 0 Å². The highest BCUT2D eigenvalue weighted by Crippen LogP contribution is 2.33. The van der Waals surface area contributed by atoms with E-state index in [2.05, 4.69) is 20.0 Å². The van der Waals surface area contributed by atoms with Gasteiger partial charge in [0.2, 0.25) is 11.8 Å². The molecule has 3 saturated heterocycles. The van der Waals surface area contributed by atoms with Crippen LogP contribution in [-0.4, -0.2) is 84.8 Å². The van der Waals surface area contributed by atoms with E-state index >= 15 is 0 Å². The highest BCUT2D eigenvalue weighted by Gasteiger charge is 2.45. The Morgan fingerprint density at radius 2 is 1.51 bits per heavy atom. The zero-order valence-corrected chi connectivity index (χ0v) is 20.2. The Morgan fingerprint density at radius 1 is 0.838 bits per heavy atom. The molecule has 4 heterocycles. The lowest BCUT2D eigenvalue weighted by Gasteiger charge is -2.49. The van der Waals surface area contributed by atoms with Crippen LogP contribution in [0.3, 0.4) is 0 Å². The summed E-state index contributed by atoms with van der Waals surface area (Å²) in [6.45, 7) is 4.92.